The molecule has 0 radical (unpaired) electrons. The van der Waals surface area contributed by atoms with Crippen LogP contribution in [-0.2, 0) is 24.3 Å². The van der Waals surface area contributed by atoms with Gasteiger partial charge in [-0.25, -0.2) is 4.98 Å². The van der Waals surface area contributed by atoms with E-state index in [1.54, 1.807) is 5.51 Å². The first kappa shape index (κ1) is 12.3. The number of carboxylic acid groups (broad SMARTS) is 1. The van der Waals surface area contributed by atoms with Gasteiger partial charge in [0.1, 0.15) is 6.04 Å². The molecule has 5 heteroatoms. The SMILES string of the molecule is O=C(O)C1Cc2ccccc2CN1Cc1cscn1. The molecule has 0 amide bonds. The highest BCUT2D eigenvalue weighted by molar-refractivity contribution is 7.07. The minimum atomic E-state index is -0.760. The van der Waals surface area contributed by atoms with E-state index in [4.69, 9.17) is 0 Å². The zero-order valence-electron chi connectivity index (χ0n) is 10.3. The molecule has 1 aliphatic heterocycles. The Hall–Kier alpha value is -1.72. The highest BCUT2D eigenvalue weighted by atomic mass is 32.1. The Bertz CT molecular complexity index is 583. The highest BCUT2D eigenvalue weighted by Crippen LogP contribution is 2.25. The van der Waals surface area contributed by atoms with Crippen LogP contribution in [0.4, 0.5) is 0 Å². The van der Waals surface area contributed by atoms with Gasteiger partial charge in [0.15, 0.2) is 0 Å². The molecule has 4 nitrogen and oxygen atoms in total. The molecule has 3 rings (SSSR count). The van der Waals surface area contributed by atoms with Crippen molar-refractivity contribution >= 4 is 17.3 Å². The summed E-state index contributed by atoms with van der Waals surface area (Å²) in [5, 5.41) is 11.4. The maximum Gasteiger partial charge on any atom is 0.321 e. The number of aromatic nitrogens is 1. The van der Waals surface area contributed by atoms with Crippen LogP contribution in [0.1, 0.15) is 16.8 Å². The monoisotopic (exact) mass is 274 g/mol. The molecule has 1 N–H and O–H groups in total. The Labute approximate surface area is 115 Å². The summed E-state index contributed by atoms with van der Waals surface area (Å²) < 4.78 is 0. The van der Waals surface area contributed by atoms with E-state index in [1.165, 1.54) is 16.9 Å². The number of rotatable bonds is 3. The van der Waals surface area contributed by atoms with Crippen LogP contribution in [0.25, 0.3) is 0 Å². The summed E-state index contributed by atoms with van der Waals surface area (Å²) in [6.07, 6.45) is 0.565. The fourth-order valence-corrected chi connectivity index (χ4v) is 3.06. The van der Waals surface area contributed by atoms with E-state index in [-0.39, 0.29) is 0 Å². The van der Waals surface area contributed by atoms with Crippen molar-refractivity contribution in [2.24, 2.45) is 0 Å². The standard InChI is InChI=1S/C14H14N2O2S/c17-14(18)13-5-10-3-1-2-4-11(10)6-16(13)7-12-8-19-9-15-12/h1-4,8-9,13H,5-7H2,(H,17,18). The summed E-state index contributed by atoms with van der Waals surface area (Å²) in [4.78, 5) is 17.7. The quantitative estimate of drug-likeness (QED) is 0.932. The molecule has 1 atom stereocenters. The zero-order chi connectivity index (χ0) is 13.2. The smallest absolute Gasteiger partial charge is 0.321 e. The summed E-state index contributed by atoms with van der Waals surface area (Å²) in [5.74, 6) is -0.760. The van der Waals surface area contributed by atoms with Crippen LogP contribution in [0.15, 0.2) is 35.2 Å². The van der Waals surface area contributed by atoms with Gasteiger partial charge in [-0.3, -0.25) is 9.69 Å². The van der Waals surface area contributed by atoms with Gasteiger partial charge in [-0.2, -0.15) is 0 Å². The van der Waals surface area contributed by atoms with Gasteiger partial charge in [-0.05, 0) is 17.5 Å². The van der Waals surface area contributed by atoms with E-state index >= 15 is 0 Å². The first-order valence-corrected chi connectivity index (χ1v) is 7.09. The summed E-state index contributed by atoms with van der Waals surface area (Å²) in [6, 6.07) is 7.60. The van der Waals surface area contributed by atoms with Crippen LogP contribution in [0.3, 0.4) is 0 Å². The van der Waals surface area contributed by atoms with E-state index < -0.39 is 12.0 Å². The van der Waals surface area contributed by atoms with Crippen LogP contribution < -0.4 is 0 Å². The van der Waals surface area contributed by atoms with Gasteiger partial charge in [0.05, 0.1) is 11.2 Å². The average Bonchev–Trinajstić information content (AvgIpc) is 2.90. The normalized spacial score (nSPS) is 19.1. The maximum atomic E-state index is 11.4. The molecule has 0 aliphatic carbocycles. The summed E-state index contributed by atoms with van der Waals surface area (Å²) >= 11 is 1.54. The highest BCUT2D eigenvalue weighted by Gasteiger charge is 2.31. The van der Waals surface area contributed by atoms with E-state index in [0.29, 0.717) is 19.5 Å². The Kier molecular flexibility index (Phi) is 3.31. The van der Waals surface area contributed by atoms with E-state index in [0.717, 1.165) is 11.3 Å². The van der Waals surface area contributed by atoms with Crippen molar-refractivity contribution in [3.05, 3.63) is 52.0 Å². The molecule has 1 aromatic heterocycles. The Morgan fingerprint density at radius 3 is 2.89 bits per heavy atom. The van der Waals surface area contributed by atoms with Crippen molar-refractivity contribution in [3.8, 4) is 0 Å². The predicted octanol–water partition coefficient (Wildman–Crippen LogP) is 2.15. The third-order valence-electron chi connectivity index (χ3n) is 3.48. The first-order chi connectivity index (χ1) is 9.24. The van der Waals surface area contributed by atoms with Gasteiger partial charge in [0.25, 0.3) is 0 Å². The molecule has 0 spiro atoms. The molecular formula is C14H14N2O2S. The van der Waals surface area contributed by atoms with Gasteiger partial charge in [0.2, 0.25) is 0 Å². The molecular weight excluding hydrogens is 260 g/mol. The topological polar surface area (TPSA) is 53.4 Å². The number of benzene rings is 1. The van der Waals surface area contributed by atoms with E-state index in [1.807, 2.05) is 28.5 Å². The maximum absolute atomic E-state index is 11.4. The van der Waals surface area contributed by atoms with E-state index in [2.05, 4.69) is 11.1 Å². The van der Waals surface area contributed by atoms with Gasteiger partial charge in [-0.1, -0.05) is 24.3 Å². The van der Waals surface area contributed by atoms with Crippen molar-refractivity contribution in [2.75, 3.05) is 0 Å². The molecule has 19 heavy (non-hydrogen) atoms. The lowest BCUT2D eigenvalue weighted by molar-refractivity contribution is -0.144. The lowest BCUT2D eigenvalue weighted by Crippen LogP contribution is -2.45. The number of fused-ring (bicyclic) bond motifs is 1. The Balaban J connectivity index is 1.87. The van der Waals surface area contributed by atoms with Crippen molar-refractivity contribution in [1.29, 1.82) is 0 Å². The van der Waals surface area contributed by atoms with Crippen LogP contribution >= 0.6 is 11.3 Å². The molecule has 0 bridgehead atoms. The molecule has 0 fully saturated rings. The molecule has 98 valence electrons. The summed E-state index contributed by atoms with van der Waals surface area (Å²) in [6.45, 7) is 1.26. The van der Waals surface area contributed by atoms with Crippen LogP contribution in [0.5, 0.6) is 0 Å². The van der Waals surface area contributed by atoms with Gasteiger partial charge >= 0.3 is 5.97 Å². The van der Waals surface area contributed by atoms with Gasteiger partial charge in [0, 0.05) is 18.5 Å². The molecule has 2 heterocycles. The molecule has 1 aromatic carbocycles. The summed E-state index contributed by atoms with van der Waals surface area (Å²) in [7, 11) is 0. The predicted molar refractivity (Wildman–Crippen MR) is 72.9 cm³/mol. The van der Waals surface area contributed by atoms with Crippen molar-refractivity contribution in [2.45, 2.75) is 25.6 Å². The fourth-order valence-electron chi connectivity index (χ4n) is 2.51. The Morgan fingerprint density at radius 2 is 2.21 bits per heavy atom. The number of aliphatic carboxylic acids is 1. The Morgan fingerprint density at radius 1 is 1.42 bits per heavy atom. The van der Waals surface area contributed by atoms with Crippen LogP contribution in [0, 0.1) is 0 Å². The fraction of sp³-hybridized carbons (Fsp3) is 0.286. The summed E-state index contributed by atoms with van der Waals surface area (Å²) in [5.41, 5.74) is 5.08. The molecule has 0 saturated carbocycles. The second-order valence-electron chi connectivity index (χ2n) is 4.71. The third kappa shape index (κ3) is 2.52. The second kappa shape index (κ2) is 5.11. The first-order valence-electron chi connectivity index (χ1n) is 6.15. The minimum absolute atomic E-state index is 0.461. The number of nitrogens with zero attached hydrogens (tertiary/aromatic N) is 2. The van der Waals surface area contributed by atoms with Crippen LogP contribution in [-0.4, -0.2) is 27.0 Å². The second-order valence-corrected chi connectivity index (χ2v) is 5.43. The molecule has 1 aliphatic rings. The van der Waals surface area contributed by atoms with Crippen LogP contribution in [0.2, 0.25) is 0 Å². The average molecular weight is 274 g/mol. The van der Waals surface area contributed by atoms with Gasteiger partial charge < -0.3 is 5.11 Å². The lowest BCUT2D eigenvalue weighted by atomic mass is 9.94. The van der Waals surface area contributed by atoms with Gasteiger partial charge in [-0.15, -0.1) is 11.3 Å². The molecule has 0 saturated heterocycles. The number of carboxylic acids is 1. The largest absolute Gasteiger partial charge is 0.480 e. The van der Waals surface area contributed by atoms with E-state index in [9.17, 15) is 9.90 Å². The number of hydrogen-bond donors (Lipinski definition) is 1. The third-order valence-corrected chi connectivity index (χ3v) is 4.11. The zero-order valence-corrected chi connectivity index (χ0v) is 11.1. The van der Waals surface area contributed by atoms with Crippen molar-refractivity contribution < 1.29 is 9.90 Å². The number of hydrogen-bond acceptors (Lipinski definition) is 4. The van der Waals surface area contributed by atoms with Crippen molar-refractivity contribution in [3.63, 3.8) is 0 Å². The number of carbonyl (C=O) groups is 1. The number of thiazole rings is 1. The van der Waals surface area contributed by atoms with Crippen molar-refractivity contribution in [1.82, 2.24) is 9.88 Å². The lowest BCUT2D eigenvalue weighted by Gasteiger charge is -2.33. The molecule has 1 unspecified atom stereocenters. The molecule has 2 aromatic rings. The minimum Gasteiger partial charge on any atom is -0.480 e.